The molecule has 2 aromatic heterocycles. The van der Waals surface area contributed by atoms with Crippen molar-refractivity contribution in [1.82, 2.24) is 19.5 Å². The number of amides is 1. The zero-order valence-electron chi connectivity index (χ0n) is 12.7. The molecule has 2 rings (SSSR count). The van der Waals surface area contributed by atoms with E-state index >= 15 is 0 Å². The molecule has 8 heteroatoms. The van der Waals surface area contributed by atoms with E-state index in [2.05, 4.69) is 10.1 Å². The molecule has 0 aliphatic rings. The first-order valence-electron chi connectivity index (χ1n) is 6.87. The van der Waals surface area contributed by atoms with E-state index < -0.39 is 15.9 Å². The highest BCUT2D eigenvalue weighted by atomic mass is 32.2. The Kier molecular flexibility index (Phi) is 4.60. The summed E-state index contributed by atoms with van der Waals surface area (Å²) in [5.41, 5.74) is 1.58. The SMILES string of the molecule is CCCn1ncc(C(=O)NS(=O)(=O)c2ccc(C)nc2)c1C. The fourth-order valence-electron chi connectivity index (χ4n) is 1.96. The van der Waals surface area contributed by atoms with Crippen molar-refractivity contribution in [2.45, 2.75) is 38.6 Å². The van der Waals surface area contributed by atoms with Gasteiger partial charge in [-0.1, -0.05) is 6.92 Å². The highest BCUT2D eigenvalue weighted by Crippen LogP contribution is 2.11. The van der Waals surface area contributed by atoms with Gasteiger partial charge < -0.3 is 0 Å². The molecule has 2 aromatic rings. The van der Waals surface area contributed by atoms with Gasteiger partial charge in [0.1, 0.15) is 4.90 Å². The number of hydrogen-bond donors (Lipinski definition) is 1. The fourth-order valence-corrected chi connectivity index (χ4v) is 2.87. The number of nitrogens with one attached hydrogen (secondary N) is 1. The molecule has 0 aliphatic heterocycles. The molecule has 7 nitrogen and oxygen atoms in total. The van der Waals surface area contributed by atoms with Crippen LogP contribution in [0.25, 0.3) is 0 Å². The molecule has 22 heavy (non-hydrogen) atoms. The fraction of sp³-hybridized carbons (Fsp3) is 0.357. The Morgan fingerprint density at radius 2 is 2.00 bits per heavy atom. The van der Waals surface area contributed by atoms with Crippen molar-refractivity contribution in [3.05, 3.63) is 41.5 Å². The van der Waals surface area contributed by atoms with Crippen LogP contribution < -0.4 is 4.72 Å². The molecule has 0 fully saturated rings. The summed E-state index contributed by atoms with van der Waals surface area (Å²) in [5, 5.41) is 4.09. The number of carbonyl (C=O) groups excluding carboxylic acids is 1. The minimum absolute atomic E-state index is 0.0509. The summed E-state index contributed by atoms with van der Waals surface area (Å²) in [6, 6.07) is 2.98. The number of nitrogens with zero attached hydrogens (tertiary/aromatic N) is 3. The molecule has 1 amide bonds. The number of pyridine rings is 1. The van der Waals surface area contributed by atoms with E-state index in [0.29, 0.717) is 17.9 Å². The second-order valence-electron chi connectivity index (χ2n) is 4.94. The molecular formula is C14H18N4O3S. The van der Waals surface area contributed by atoms with Gasteiger partial charge in [0, 0.05) is 24.1 Å². The predicted molar refractivity (Wildman–Crippen MR) is 80.9 cm³/mol. The number of sulfonamides is 1. The summed E-state index contributed by atoms with van der Waals surface area (Å²) in [6.45, 7) is 6.15. The summed E-state index contributed by atoms with van der Waals surface area (Å²) in [6.07, 6.45) is 3.47. The van der Waals surface area contributed by atoms with Crippen molar-refractivity contribution in [1.29, 1.82) is 0 Å². The number of aryl methyl sites for hydroxylation is 2. The number of hydrogen-bond acceptors (Lipinski definition) is 5. The molecule has 0 saturated carbocycles. The van der Waals surface area contributed by atoms with Crippen LogP contribution in [0.15, 0.2) is 29.4 Å². The second-order valence-corrected chi connectivity index (χ2v) is 6.62. The van der Waals surface area contributed by atoms with E-state index in [4.69, 9.17) is 0 Å². The monoisotopic (exact) mass is 322 g/mol. The maximum absolute atomic E-state index is 12.2. The summed E-state index contributed by atoms with van der Waals surface area (Å²) < 4.78 is 28.1. The lowest BCUT2D eigenvalue weighted by Gasteiger charge is -2.07. The molecule has 2 heterocycles. The Morgan fingerprint density at radius 1 is 1.27 bits per heavy atom. The molecule has 1 N–H and O–H groups in total. The van der Waals surface area contributed by atoms with E-state index in [0.717, 1.165) is 6.42 Å². The molecule has 0 radical (unpaired) electrons. The third-order valence-electron chi connectivity index (χ3n) is 3.20. The smallest absolute Gasteiger partial charge is 0.268 e. The van der Waals surface area contributed by atoms with Gasteiger partial charge in [-0.05, 0) is 32.4 Å². The Balaban J connectivity index is 2.22. The van der Waals surface area contributed by atoms with Crippen molar-refractivity contribution >= 4 is 15.9 Å². The van der Waals surface area contributed by atoms with Gasteiger partial charge in [0.15, 0.2) is 0 Å². The van der Waals surface area contributed by atoms with Crippen LogP contribution in [0.3, 0.4) is 0 Å². The minimum atomic E-state index is -3.94. The van der Waals surface area contributed by atoms with Crippen LogP contribution >= 0.6 is 0 Å². The van der Waals surface area contributed by atoms with Gasteiger partial charge in [-0.2, -0.15) is 5.10 Å². The first kappa shape index (κ1) is 16.2. The molecule has 0 spiro atoms. The van der Waals surface area contributed by atoms with Crippen molar-refractivity contribution < 1.29 is 13.2 Å². The Morgan fingerprint density at radius 3 is 2.59 bits per heavy atom. The molecule has 0 saturated heterocycles. The molecule has 0 atom stereocenters. The molecule has 0 aromatic carbocycles. The lowest BCUT2D eigenvalue weighted by molar-refractivity contribution is 0.0980. The van der Waals surface area contributed by atoms with Crippen molar-refractivity contribution in [2.75, 3.05) is 0 Å². The zero-order valence-corrected chi connectivity index (χ0v) is 13.5. The standard InChI is InChI=1S/C14H18N4O3S/c1-4-7-18-11(3)13(9-16-18)14(19)17-22(20,21)12-6-5-10(2)15-8-12/h5-6,8-9H,4,7H2,1-3H3,(H,17,19). The van der Waals surface area contributed by atoms with Crippen LogP contribution in [0.5, 0.6) is 0 Å². The highest BCUT2D eigenvalue weighted by Gasteiger charge is 2.22. The highest BCUT2D eigenvalue weighted by molar-refractivity contribution is 7.90. The summed E-state index contributed by atoms with van der Waals surface area (Å²) in [5.74, 6) is -0.694. The van der Waals surface area contributed by atoms with Crippen LogP contribution in [0.1, 0.15) is 35.1 Å². The average molecular weight is 322 g/mol. The number of rotatable bonds is 5. The van der Waals surface area contributed by atoms with E-state index in [9.17, 15) is 13.2 Å². The number of carbonyl (C=O) groups is 1. The van der Waals surface area contributed by atoms with E-state index in [1.54, 1.807) is 24.6 Å². The Labute approximate surface area is 129 Å². The lowest BCUT2D eigenvalue weighted by atomic mass is 10.2. The van der Waals surface area contributed by atoms with Crippen LogP contribution in [0, 0.1) is 13.8 Å². The van der Waals surface area contributed by atoms with E-state index in [-0.39, 0.29) is 10.5 Å². The molecule has 0 bridgehead atoms. The van der Waals surface area contributed by atoms with Gasteiger partial charge in [0.2, 0.25) is 0 Å². The molecule has 0 aliphatic carbocycles. The largest absolute Gasteiger partial charge is 0.269 e. The maximum Gasteiger partial charge on any atom is 0.268 e. The molecule has 0 unspecified atom stereocenters. The van der Waals surface area contributed by atoms with Crippen LogP contribution in [-0.4, -0.2) is 29.1 Å². The number of aromatic nitrogens is 3. The van der Waals surface area contributed by atoms with Crippen LogP contribution in [0.2, 0.25) is 0 Å². The Hall–Kier alpha value is -2.22. The second kappa shape index (κ2) is 6.27. The summed E-state index contributed by atoms with van der Waals surface area (Å²) in [7, 11) is -3.94. The third-order valence-corrected chi connectivity index (χ3v) is 4.52. The third kappa shape index (κ3) is 3.33. The van der Waals surface area contributed by atoms with Gasteiger partial charge in [0.25, 0.3) is 15.9 Å². The van der Waals surface area contributed by atoms with E-state index in [1.807, 2.05) is 11.6 Å². The lowest BCUT2D eigenvalue weighted by Crippen LogP contribution is -2.31. The first-order chi connectivity index (χ1) is 10.3. The Bertz CT molecular complexity index is 779. The van der Waals surface area contributed by atoms with Crippen molar-refractivity contribution in [3.63, 3.8) is 0 Å². The summed E-state index contributed by atoms with van der Waals surface area (Å²) >= 11 is 0. The van der Waals surface area contributed by atoms with Gasteiger partial charge in [0.05, 0.1) is 11.8 Å². The van der Waals surface area contributed by atoms with Crippen LogP contribution in [0.4, 0.5) is 0 Å². The molecular weight excluding hydrogens is 304 g/mol. The average Bonchev–Trinajstić information content (AvgIpc) is 2.81. The van der Waals surface area contributed by atoms with Crippen LogP contribution in [-0.2, 0) is 16.6 Å². The quantitative estimate of drug-likeness (QED) is 0.898. The maximum atomic E-state index is 12.2. The predicted octanol–water partition coefficient (Wildman–Crippen LogP) is 1.42. The topological polar surface area (TPSA) is 94.0 Å². The first-order valence-corrected chi connectivity index (χ1v) is 8.35. The van der Waals surface area contributed by atoms with Gasteiger partial charge >= 0.3 is 0 Å². The minimum Gasteiger partial charge on any atom is -0.269 e. The summed E-state index contributed by atoms with van der Waals surface area (Å²) in [4.78, 5) is 16.0. The van der Waals surface area contributed by atoms with Gasteiger partial charge in [-0.15, -0.1) is 0 Å². The van der Waals surface area contributed by atoms with Gasteiger partial charge in [-0.3, -0.25) is 14.5 Å². The molecule has 118 valence electrons. The zero-order chi connectivity index (χ0) is 16.3. The van der Waals surface area contributed by atoms with Crippen molar-refractivity contribution in [2.24, 2.45) is 0 Å². The van der Waals surface area contributed by atoms with Gasteiger partial charge in [-0.25, -0.2) is 13.1 Å². The normalized spacial score (nSPS) is 11.4. The van der Waals surface area contributed by atoms with Crippen molar-refractivity contribution in [3.8, 4) is 0 Å². The van der Waals surface area contributed by atoms with E-state index in [1.165, 1.54) is 18.5 Å².